The van der Waals surface area contributed by atoms with Crippen molar-refractivity contribution >= 4 is 17.3 Å². The van der Waals surface area contributed by atoms with Gasteiger partial charge in [-0.1, -0.05) is 6.07 Å². The monoisotopic (exact) mass is 260 g/mol. The molecule has 0 aliphatic carbocycles. The molecule has 2 aromatic heterocycles. The van der Waals surface area contributed by atoms with E-state index in [2.05, 4.69) is 10.3 Å². The van der Waals surface area contributed by atoms with E-state index in [0.717, 1.165) is 31.8 Å². The Balaban J connectivity index is 2.20. The van der Waals surface area contributed by atoms with Crippen molar-refractivity contribution in [1.29, 1.82) is 0 Å². The number of nitrogens with zero attached hydrogens (tertiary/aromatic N) is 2. The molecule has 4 N–H and O–H groups in total. The zero-order valence-electron chi connectivity index (χ0n) is 10.5. The maximum atomic E-state index is 11.3. The van der Waals surface area contributed by atoms with Crippen LogP contribution in [0, 0.1) is 0 Å². The minimum atomic E-state index is -1.01. The van der Waals surface area contributed by atoms with Gasteiger partial charge in [-0.3, -0.25) is 4.40 Å². The van der Waals surface area contributed by atoms with Crippen molar-refractivity contribution in [2.45, 2.75) is 18.8 Å². The van der Waals surface area contributed by atoms with Crippen molar-refractivity contribution in [2.24, 2.45) is 0 Å². The number of piperidine rings is 1. The Morgan fingerprint density at radius 1 is 1.42 bits per heavy atom. The van der Waals surface area contributed by atoms with Crippen molar-refractivity contribution in [1.82, 2.24) is 14.7 Å². The van der Waals surface area contributed by atoms with Gasteiger partial charge >= 0.3 is 5.97 Å². The smallest absolute Gasteiger partial charge is 0.356 e. The summed E-state index contributed by atoms with van der Waals surface area (Å²) in [7, 11) is 0. The van der Waals surface area contributed by atoms with Gasteiger partial charge in [-0.2, -0.15) is 0 Å². The van der Waals surface area contributed by atoms with Crippen LogP contribution < -0.4 is 11.1 Å². The molecular weight excluding hydrogens is 244 g/mol. The van der Waals surface area contributed by atoms with Crippen LogP contribution in [0.2, 0.25) is 0 Å². The third kappa shape index (κ3) is 1.94. The fourth-order valence-electron chi connectivity index (χ4n) is 2.70. The average Bonchev–Trinajstić information content (AvgIpc) is 2.81. The molecule has 1 saturated heterocycles. The van der Waals surface area contributed by atoms with Gasteiger partial charge in [-0.25, -0.2) is 9.78 Å². The summed E-state index contributed by atoms with van der Waals surface area (Å²) in [5.74, 6) is 0.549. The van der Waals surface area contributed by atoms with E-state index < -0.39 is 5.97 Å². The number of fused-ring (bicyclic) bond motifs is 1. The van der Waals surface area contributed by atoms with Gasteiger partial charge in [-0.05, 0) is 38.1 Å². The van der Waals surface area contributed by atoms with E-state index in [4.69, 9.17) is 5.73 Å². The SMILES string of the molecule is Nc1cccc2c(C(=O)O)nc(C3CCNCC3)n12. The molecule has 0 radical (unpaired) electrons. The van der Waals surface area contributed by atoms with Crippen molar-refractivity contribution < 1.29 is 9.90 Å². The van der Waals surface area contributed by atoms with Crippen LogP contribution in [0.1, 0.15) is 35.1 Å². The fourth-order valence-corrected chi connectivity index (χ4v) is 2.70. The summed E-state index contributed by atoms with van der Waals surface area (Å²) < 4.78 is 1.78. The molecule has 3 heterocycles. The molecule has 0 saturated carbocycles. The first kappa shape index (κ1) is 12.0. The third-order valence-electron chi connectivity index (χ3n) is 3.63. The number of pyridine rings is 1. The Kier molecular flexibility index (Phi) is 2.87. The van der Waals surface area contributed by atoms with E-state index in [1.54, 1.807) is 22.6 Å². The number of rotatable bonds is 2. The number of hydrogen-bond acceptors (Lipinski definition) is 4. The summed E-state index contributed by atoms with van der Waals surface area (Å²) in [6.45, 7) is 1.85. The largest absolute Gasteiger partial charge is 0.476 e. The number of carbonyl (C=O) groups is 1. The Morgan fingerprint density at radius 2 is 2.16 bits per heavy atom. The Labute approximate surface area is 110 Å². The van der Waals surface area contributed by atoms with Crippen LogP contribution in [0.4, 0.5) is 5.82 Å². The molecule has 1 aliphatic heterocycles. The van der Waals surface area contributed by atoms with Crippen molar-refractivity contribution in [3.8, 4) is 0 Å². The molecule has 0 atom stereocenters. The van der Waals surface area contributed by atoms with Crippen molar-refractivity contribution in [2.75, 3.05) is 18.8 Å². The van der Waals surface area contributed by atoms with Crippen LogP contribution in [0.3, 0.4) is 0 Å². The zero-order chi connectivity index (χ0) is 13.4. The lowest BCUT2D eigenvalue weighted by Crippen LogP contribution is -2.27. The first-order chi connectivity index (χ1) is 9.18. The van der Waals surface area contributed by atoms with Crippen LogP contribution >= 0.6 is 0 Å². The number of imidazole rings is 1. The molecule has 6 nitrogen and oxygen atoms in total. The predicted molar refractivity (Wildman–Crippen MR) is 71.4 cm³/mol. The lowest BCUT2D eigenvalue weighted by molar-refractivity contribution is 0.0693. The van der Waals surface area contributed by atoms with Crippen LogP contribution in [-0.4, -0.2) is 33.6 Å². The van der Waals surface area contributed by atoms with Gasteiger partial charge in [0.15, 0.2) is 5.69 Å². The number of hydrogen-bond donors (Lipinski definition) is 3. The summed E-state index contributed by atoms with van der Waals surface area (Å²) in [4.78, 5) is 15.6. The van der Waals surface area contributed by atoms with Crippen molar-refractivity contribution in [3.05, 3.63) is 29.7 Å². The topological polar surface area (TPSA) is 92.7 Å². The molecule has 2 aromatic rings. The van der Waals surface area contributed by atoms with E-state index in [1.165, 1.54) is 0 Å². The van der Waals surface area contributed by atoms with E-state index in [9.17, 15) is 9.90 Å². The number of aromatic carboxylic acids is 1. The number of anilines is 1. The lowest BCUT2D eigenvalue weighted by atomic mass is 9.97. The standard InChI is InChI=1S/C13H16N4O2/c14-10-3-1-2-9-11(13(18)19)16-12(17(9)10)8-4-6-15-7-5-8/h1-3,8,15H,4-7,14H2,(H,18,19). The van der Waals surface area contributed by atoms with E-state index >= 15 is 0 Å². The first-order valence-corrected chi connectivity index (χ1v) is 6.39. The average molecular weight is 260 g/mol. The number of nitrogens with two attached hydrogens (primary N) is 1. The van der Waals surface area contributed by atoms with Crippen LogP contribution in [0.25, 0.3) is 5.52 Å². The van der Waals surface area contributed by atoms with Gasteiger partial charge < -0.3 is 16.2 Å². The minimum Gasteiger partial charge on any atom is -0.476 e. The molecule has 100 valence electrons. The predicted octanol–water partition coefficient (Wildman–Crippen LogP) is 1.08. The molecule has 0 unspecified atom stereocenters. The van der Waals surface area contributed by atoms with Gasteiger partial charge in [0.2, 0.25) is 0 Å². The van der Waals surface area contributed by atoms with Crippen LogP contribution in [0.5, 0.6) is 0 Å². The molecule has 3 rings (SSSR count). The van der Waals surface area contributed by atoms with Crippen LogP contribution in [0.15, 0.2) is 18.2 Å². The highest BCUT2D eigenvalue weighted by atomic mass is 16.4. The summed E-state index contributed by atoms with van der Waals surface area (Å²) >= 11 is 0. The number of carboxylic acid groups (broad SMARTS) is 1. The van der Waals surface area contributed by atoms with Gasteiger partial charge in [-0.15, -0.1) is 0 Å². The van der Waals surface area contributed by atoms with E-state index in [-0.39, 0.29) is 11.6 Å². The quantitative estimate of drug-likeness (QED) is 0.751. The summed E-state index contributed by atoms with van der Waals surface area (Å²) in [6, 6.07) is 5.27. The minimum absolute atomic E-state index is 0.0841. The summed E-state index contributed by atoms with van der Waals surface area (Å²) in [5, 5.41) is 12.5. The summed E-state index contributed by atoms with van der Waals surface area (Å²) in [6.07, 6.45) is 1.90. The second-order valence-corrected chi connectivity index (χ2v) is 4.82. The van der Waals surface area contributed by atoms with Crippen LogP contribution in [-0.2, 0) is 0 Å². The van der Waals surface area contributed by atoms with E-state index in [1.807, 2.05) is 0 Å². The Bertz CT molecular complexity index is 629. The second-order valence-electron chi connectivity index (χ2n) is 4.82. The number of aromatic nitrogens is 2. The zero-order valence-corrected chi connectivity index (χ0v) is 10.5. The fraction of sp³-hybridized carbons (Fsp3) is 0.385. The highest BCUT2D eigenvalue weighted by molar-refractivity contribution is 5.94. The third-order valence-corrected chi connectivity index (χ3v) is 3.63. The van der Waals surface area contributed by atoms with E-state index in [0.29, 0.717) is 11.3 Å². The van der Waals surface area contributed by atoms with Gasteiger partial charge in [0, 0.05) is 5.92 Å². The molecule has 0 spiro atoms. The lowest BCUT2D eigenvalue weighted by Gasteiger charge is -2.21. The maximum Gasteiger partial charge on any atom is 0.356 e. The van der Waals surface area contributed by atoms with Crippen molar-refractivity contribution in [3.63, 3.8) is 0 Å². The summed E-state index contributed by atoms with van der Waals surface area (Å²) in [5.41, 5.74) is 6.65. The second kappa shape index (κ2) is 4.55. The highest BCUT2D eigenvalue weighted by Gasteiger charge is 2.25. The van der Waals surface area contributed by atoms with Gasteiger partial charge in [0.05, 0.1) is 5.52 Å². The molecule has 1 fully saturated rings. The van der Waals surface area contributed by atoms with Gasteiger partial charge in [0.1, 0.15) is 11.6 Å². The molecule has 19 heavy (non-hydrogen) atoms. The first-order valence-electron chi connectivity index (χ1n) is 6.39. The number of nitrogens with one attached hydrogen (secondary N) is 1. The molecule has 6 heteroatoms. The molecule has 0 amide bonds. The molecular formula is C13H16N4O2. The number of nitrogen functional groups attached to an aromatic ring is 1. The highest BCUT2D eigenvalue weighted by Crippen LogP contribution is 2.28. The number of carboxylic acids is 1. The molecule has 0 bridgehead atoms. The normalized spacial score (nSPS) is 16.8. The Hall–Kier alpha value is -2.08. The molecule has 0 aromatic carbocycles. The maximum absolute atomic E-state index is 11.3. The Morgan fingerprint density at radius 3 is 2.84 bits per heavy atom. The van der Waals surface area contributed by atoms with Gasteiger partial charge in [0.25, 0.3) is 0 Å². The molecule has 1 aliphatic rings.